The molecule has 1 atom stereocenters. The summed E-state index contributed by atoms with van der Waals surface area (Å²) >= 11 is 6.23. The van der Waals surface area contributed by atoms with Crippen LogP contribution in [-0.2, 0) is 14.8 Å². The molecule has 2 N–H and O–H groups in total. The molecule has 4 rings (SSSR count). The Morgan fingerprint density at radius 2 is 1.76 bits per heavy atom. The van der Waals surface area contributed by atoms with Crippen LogP contribution < -0.4 is 24.2 Å². The molecule has 0 spiro atoms. The molecule has 34 heavy (non-hydrogen) atoms. The summed E-state index contributed by atoms with van der Waals surface area (Å²) in [5.41, 5.74) is 1.37. The van der Waals surface area contributed by atoms with Crippen molar-refractivity contribution in [2.45, 2.75) is 17.9 Å². The molecule has 3 aromatic carbocycles. The second-order valence-electron chi connectivity index (χ2n) is 7.54. The van der Waals surface area contributed by atoms with Crippen molar-refractivity contribution < 1.29 is 27.4 Å². The zero-order valence-electron chi connectivity index (χ0n) is 18.3. The molecule has 0 radical (unpaired) electrons. The van der Waals surface area contributed by atoms with E-state index < -0.39 is 22.0 Å². The van der Waals surface area contributed by atoms with Crippen LogP contribution in [0.25, 0.3) is 0 Å². The van der Waals surface area contributed by atoms with Crippen molar-refractivity contribution in [3.05, 3.63) is 77.3 Å². The number of nitrogens with one attached hydrogen (secondary N) is 2. The Balaban J connectivity index is 1.36. The lowest BCUT2D eigenvalue weighted by atomic mass is 10.1. The fourth-order valence-electron chi connectivity index (χ4n) is 3.34. The van der Waals surface area contributed by atoms with E-state index in [-0.39, 0.29) is 22.3 Å². The Bertz CT molecular complexity index is 1280. The van der Waals surface area contributed by atoms with Gasteiger partial charge in [0.1, 0.15) is 19.0 Å². The van der Waals surface area contributed by atoms with Crippen molar-refractivity contribution in [1.82, 2.24) is 4.72 Å². The molecule has 0 aliphatic carbocycles. The van der Waals surface area contributed by atoms with Crippen molar-refractivity contribution in [3.8, 4) is 17.2 Å². The molecule has 0 saturated heterocycles. The summed E-state index contributed by atoms with van der Waals surface area (Å²) in [6, 6.07) is 18.0. The van der Waals surface area contributed by atoms with Gasteiger partial charge in [0.15, 0.2) is 18.1 Å². The standard InChI is InChI=1S/C24H23ClN2O6S/c1-16(17-5-3-2-4-6-17)27-34(29,30)19-8-10-21(20(25)14-19)33-15-24(28)26-18-7-9-22-23(13-18)32-12-11-31-22/h2-10,13-14,16,27H,11-12,15H2,1H3,(H,26,28)/t16-/m1/s1. The highest BCUT2D eigenvalue weighted by atomic mass is 35.5. The number of hydrogen-bond donors (Lipinski definition) is 2. The zero-order valence-corrected chi connectivity index (χ0v) is 19.9. The van der Waals surface area contributed by atoms with Gasteiger partial charge in [-0.2, -0.15) is 0 Å². The maximum Gasteiger partial charge on any atom is 0.262 e. The molecular formula is C24H23ClN2O6S. The van der Waals surface area contributed by atoms with Crippen LogP contribution in [0.4, 0.5) is 5.69 Å². The summed E-state index contributed by atoms with van der Waals surface area (Å²) in [5.74, 6) is 0.951. The molecule has 3 aromatic rings. The van der Waals surface area contributed by atoms with Gasteiger partial charge in [0.2, 0.25) is 10.0 Å². The number of anilines is 1. The van der Waals surface area contributed by atoms with Crippen LogP contribution >= 0.6 is 11.6 Å². The minimum Gasteiger partial charge on any atom is -0.486 e. The van der Waals surface area contributed by atoms with Gasteiger partial charge in [-0.1, -0.05) is 41.9 Å². The lowest BCUT2D eigenvalue weighted by Crippen LogP contribution is -2.27. The largest absolute Gasteiger partial charge is 0.486 e. The van der Waals surface area contributed by atoms with Gasteiger partial charge in [-0.3, -0.25) is 4.79 Å². The Morgan fingerprint density at radius 1 is 1.03 bits per heavy atom. The SMILES string of the molecule is C[C@@H](NS(=O)(=O)c1ccc(OCC(=O)Nc2ccc3c(c2)OCCO3)c(Cl)c1)c1ccccc1. The number of sulfonamides is 1. The molecule has 0 bridgehead atoms. The van der Waals surface area contributed by atoms with Gasteiger partial charge in [-0.15, -0.1) is 0 Å². The normalized spacial score (nSPS) is 13.7. The lowest BCUT2D eigenvalue weighted by Gasteiger charge is -2.19. The summed E-state index contributed by atoms with van der Waals surface area (Å²) in [6.07, 6.45) is 0. The number of carbonyl (C=O) groups excluding carboxylic acids is 1. The van der Waals surface area contributed by atoms with Crippen LogP contribution in [-0.4, -0.2) is 34.1 Å². The molecule has 0 saturated carbocycles. The van der Waals surface area contributed by atoms with Crippen LogP contribution in [0.5, 0.6) is 17.2 Å². The highest BCUT2D eigenvalue weighted by molar-refractivity contribution is 7.89. The first-order chi connectivity index (χ1) is 16.3. The second kappa shape index (κ2) is 10.3. The zero-order chi connectivity index (χ0) is 24.1. The summed E-state index contributed by atoms with van der Waals surface area (Å²) in [7, 11) is -3.82. The summed E-state index contributed by atoms with van der Waals surface area (Å²) in [4.78, 5) is 12.3. The molecule has 1 aliphatic heterocycles. The van der Waals surface area contributed by atoms with Crippen molar-refractivity contribution in [2.24, 2.45) is 0 Å². The molecule has 178 valence electrons. The lowest BCUT2D eigenvalue weighted by molar-refractivity contribution is -0.118. The van der Waals surface area contributed by atoms with Gasteiger partial charge >= 0.3 is 0 Å². The van der Waals surface area contributed by atoms with Gasteiger partial charge in [0, 0.05) is 17.8 Å². The first-order valence-corrected chi connectivity index (χ1v) is 12.4. The van der Waals surface area contributed by atoms with Crippen LogP contribution in [0.2, 0.25) is 5.02 Å². The predicted molar refractivity (Wildman–Crippen MR) is 128 cm³/mol. The van der Waals surface area contributed by atoms with E-state index >= 15 is 0 Å². The van der Waals surface area contributed by atoms with E-state index in [2.05, 4.69) is 10.0 Å². The van der Waals surface area contributed by atoms with Crippen LogP contribution in [0, 0.1) is 0 Å². The molecule has 8 nitrogen and oxygen atoms in total. The van der Waals surface area contributed by atoms with Gasteiger partial charge in [-0.25, -0.2) is 13.1 Å². The molecule has 1 amide bonds. The topological polar surface area (TPSA) is 103 Å². The summed E-state index contributed by atoms with van der Waals surface area (Å²) in [6.45, 7) is 2.36. The monoisotopic (exact) mass is 502 g/mol. The fraction of sp³-hybridized carbons (Fsp3) is 0.208. The van der Waals surface area contributed by atoms with Crippen LogP contribution in [0.15, 0.2) is 71.6 Å². The third-order valence-electron chi connectivity index (χ3n) is 5.03. The van der Waals surface area contributed by atoms with Gasteiger partial charge < -0.3 is 19.5 Å². The molecule has 0 unspecified atom stereocenters. The average Bonchev–Trinajstić information content (AvgIpc) is 2.83. The van der Waals surface area contributed by atoms with E-state index in [9.17, 15) is 13.2 Å². The smallest absolute Gasteiger partial charge is 0.262 e. The van der Waals surface area contributed by atoms with E-state index in [1.165, 1.54) is 18.2 Å². The minimum absolute atomic E-state index is 0.00615. The molecule has 1 aliphatic rings. The number of carbonyl (C=O) groups is 1. The first-order valence-electron chi connectivity index (χ1n) is 10.5. The fourth-order valence-corrected chi connectivity index (χ4v) is 4.90. The van der Waals surface area contributed by atoms with Crippen molar-refractivity contribution in [1.29, 1.82) is 0 Å². The first kappa shape index (κ1) is 23.9. The second-order valence-corrected chi connectivity index (χ2v) is 9.66. The highest BCUT2D eigenvalue weighted by Gasteiger charge is 2.20. The van der Waals surface area contributed by atoms with E-state index in [0.717, 1.165) is 5.56 Å². The molecule has 1 heterocycles. The average molecular weight is 503 g/mol. The molecule has 10 heteroatoms. The number of amides is 1. The Morgan fingerprint density at radius 3 is 2.50 bits per heavy atom. The van der Waals surface area contributed by atoms with E-state index in [0.29, 0.717) is 30.4 Å². The van der Waals surface area contributed by atoms with Gasteiger partial charge in [0.25, 0.3) is 5.91 Å². The molecular weight excluding hydrogens is 480 g/mol. The van der Waals surface area contributed by atoms with Crippen molar-refractivity contribution in [3.63, 3.8) is 0 Å². The maximum atomic E-state index is 12.8. The van der Waals surface area contributed by atoms with Crippen LogP contribution in [0.3, 0.4) is 0 Å². The molecule has 0 aromatic heterocycles. The summed E-state index contributed by atoms with van der Waals surface area (Å²) in [5, 5.41) is 2.78. The number of benzene rings is 3. The van der Waals surface area contributed by atoms with E-state index in [1.54, 1.807) is 25.1 Å². The van der Waals surface area contributed by atoms with Crippen molar-refractivity contribution >= 4 is 33.2 Å². The number of hydrogen-bond acceptors (Lipinski definition) is 6. The molecule has 0 fully saturated rings. The number of rotatable bonds is 8. The summed E-state index contributed by atoms with van der Waals surface area (Å²) < 4.78 is 44.6. The highest BCUT2D eigenvalue weighted by Crippen LogP contribution is 2.33. The third kappa shape index (κ3) is 5.80. The van der Waals surface area contributed by atoms with E-state index in [4.69, 9.17) is 25.8 Å². The van der Waals surface area contributed by atoms with Crippen LogP contribution in [0.1, 0.15) is 18.5 Å². The Labute approximate surface area is 202 Å². The Hall–Kier alpha value is -3.27. The number of fused-ring (bicyclic) bond motifs is 1. The van der Waals surface area contributed by atoms with Gasteiger partial charge in [0.05, 0.1) is 9.92 Å². The number of halogens is 1. The predicted octanol–water partition coefficient (Wildman–Crippen LogP) is 4.17. The van der Waals surface area contributed by atoms with E-state index in [1.807, 2.05) is 30.3 Å². The number of ether oxygens (including phenoxy) is 3. The minimum atomic E-state index is -3.82. The van der Waals surface area contributed by atoms with Crippen molar-refractivity contribution in [2.75, 3.05) is 25.1 Å². The maximum absolute atomic E-state index is 12.8. The quantitative estimate of drug-likeness (QED) is 0.479. The Kier molecular flexibility index (Phi) is 7.26. The van der Waals surface area contributed by atoms with Gasteiger partial charge in [-0.05, 0) is 42.8 Å². The third-order valence-corrected chi connectivity index (χ3v) is 6.86.